The van der Waals surface area contributed by atoms with Crippen molar-refractivity contribution in [2.75, 3.05) is 6.54 Å². The number of likely N-dealkylation sites (N-methyl/N-ethyl adjacent to an activating group) is 1. The van der Waals surface area contributed by atoms with Crippen molar-refractivity contribution in [3.8, 4) is 0 Å². The van der Waals surface area contributed by atoms with E-state index in [1.54, 1.807) is 11.1 Å². The van der Waals surface area contributed by atoms with Gasteiger partial charge in [0.2, 0.25) is 5.91 Å². The number of piperidine rings is 1. The Morgan fingerprint density at radius 3 is 3.00 bits per heavy atom. The molecule has 1 aromatic rings. The predicted octanol–water partition coefficient (Wildman–Crippen LogP) is 0.264. The van der Waals surface area contributed by atoms with E-state index in [-0.39, 0.29) is 11.8 Å². The Labute approximate surface area is 116 Å². The van der Waals surface area contributed by atoms with Crippen LogP contribution in [-0.2, 0) is 4.79 Å². The van der Waals surface area contributed by atoms with Gasteiger partial charge in [0.15, 0.2) is 6.29 Å². The molecule has 2 aliphatic rings. The molecule has 1 amide bonds. The molecule has 1 aromatic heterocycles. The summed E-state index contributed by atoms with van der Waals surface area (Å²) in [6, 6.07) is 1.84. The molecule has 1 fully saturated rings. The van der Waals surface area contributed by atoms with Gasteiger partial charge in [-0.25, -0.2) is 4.99 Å². The number of carbonyl (C=O) groups excluding carboxylic acids is 1. The molecular formula is C13H18N6O. The van der Waals surface area contributed by atoms with Crippen LogP contribution in [0.25, 0.3) is 0 Å². The maximum absolute atomic E-state index is 12.6. The van der Waals surface area contributed by atoms with Gasteiger partial charge in [0, 0.05) is 29.7 Å². The Balaban J connectivity index is 2.04. The summed E-state index contributed by atoms with van der Waals surface area (Å²) >= 11 is 0. The lowest BCUT2D eigenvalue weighted by atomic mass is 9.88. The van der Waals surface area contributed by atoms with E-state index in [9.17, 15) is 4.79 Å². The second-order valence-corrected chi connectivity index (χ2v) is 5.00. The fourth-order valence-corrected chi connectivity index (χ4v) is 2.79. The summed E-state index contributed by atoms with van der Waals surface area (Å²) in [5.41, 5.74) is 8.71. The van der Waals surface area contributed by atoms with Crippen LogP contribution in [-0.4, -0.2) is 39.7 Å². The lowest BCUT2D eigenvalue weighted by molar-refractivity contribution is -0.129. The van der Waals surface area contributed by atoms with Gasteiger partial charge in [-0.05, 0) is 26.3 Å². The topological polar surface area (TPSA) is 99.4 Å². The second kappa shape index (κ2) is 4.75. The lowest BCUT2D eigenvalue weighted by Gasteiger charge is -2.37. The van der Waals surface area contributed by atoms with Crippen molar-refractivity contribution in [1.82, 2.24) is 20.4 Å². The molecule has 1 saturated heterocycles. The molecule has 4 N–H and O–H groups in total. The Kier molecular flexibility index (Phi) is 3.06. The Morgan fingerprint density at radius 1 is 1.55 bits per heavy atom. The van der Waals surface area contributed by atoms with Gasteiger partial charge in [-0.2, -0.15) is 5.10 Å². The minimum absolute atomic E-state index is 0.0427. The SMILES string of the molecule is CCN1C(=O)C(c2ccn[nH]2)CC2=C(C)NC(N)N=C21. The van der Waals surface area contributed by atoms with Crippen molar-refractivity contribution < 1.29 is 4.79 Å². The first-order valence-electron chi connectivity index (χ1n) is 6.72. The molecule has 2 unspecified atom stereocenters. The fourth-order valence-electron chi connectivity index (χ4n) is 2.79. The van der Waals surface area contributed by atoms with Gasteiger partial charge in [0.25, 0.3) is 0 Å². The summed E-state index contributed by atoms with van der Waals surface area (Å²) in [7, 11) is 0. The zero-order valence-electron chi connectivity index (χ0n) is 11.6. The number of carbonyl (C=O) groups is 1. The van der Waals surface area contributed by atoms with E-state index in [2.05, 4.69) is 20.5 Å². The van der Waals surface area contributed by atoms with E-state index in [4.69, 9.17) is 5.73 Å². The van der Waals surface area contributed by atoms with Crippen molar-refractivity contribution >= 4 is 11.7 Å². The third-order valence-electron chi connectivity index (χ3n) is 3.79. The molecule has 2 atom stereocenters. The Bertz CT molecular complexity index is 588. The number of nitrogens with one attached hydrogen (secondary N) is 2. The van der Waals surface area contributed by atoms with E-state index in [1.807, 2.05) is 19.9 Å². The number of aliphatic imine (C=N–C) groups is 1. The summed E-state index contributed by atoms with van der Waals surface area (Å²) < 4.78 is 0. The van der Waals surface area contributed by atoms with Crippen LogP contribution >= 0.6 is 0 Å². The quantitative estimate of drug-likeness (QED) is 0.720. The minimum Gasteiger partial charge on any atom is -0.355 e. The average molecular weight is 274 g/mol. The second-order valence-electron chi connectivity index (χ2n) is 5.00. The van der Waals surface area contributed by atoms with Crippen LogP contribution in [0.1, 0.15) is 31.9 Å². The largest absolute Gasteiger partial charge is 0.355 e. The number of nitrogens with zero attached hydrogens (tertiary/aromatic N) is 3. The van der Waals surface area contributed by atoms with E-state index in [1.165, 1.54) is 0 Å². The van der Waals surface area contributed by atoms with Crippen molar-refractivity contribution in [2.24, 2.45) is 10.7 Å². The molecule has 3 rings (SSSR count). The summed E-state index contributed by atoms with van der Waals surface area (Å²) in [4.78, 5) is 18.7. The molecule has 0 aromatic carbocycles. The maximum atomic E-state index is 12.6. The minimum atomic E-state index is -0.487. The molecule has 20 heavy (non-hydrogen) atoms. The standard InChI is InChI=1S/C13H18N6O/c1-3-19-11-8(7(2)16-13(14)17-11)6-9(12(19)20)10-4-5-15-18-10/h4-5,9,13,16H,3,6,14H2,1-2H3,(H,15,18). The zero-order chi connectivity index (χ0) is 14.3. The summed E-state index contributed by atoms with van der Waals surface area (Å²) in [5, 5.41) is 9.95. The molecule has 0 saturated carbocycles. The third-order valence-corrected chi connectivity index (χ3v) is 3.79. The third kappa shape index (κ3) is 1.90. The highest BCUT2D eigenvalue weighted by atomic mass is 16.2. The fraction of sp³-hybridized carbons (Fsp3) is 0.462. The molecule has 7 nitrogen and oxygen atoms in total. The van der Waals surface area contributed by atoms with Crippen molar-refractivity contribution in [3.63, 3.8) is 0 Å². The zero-order valence-corrected chi connectivity index (χ0v) is 11.6. The number of H-pyrrole nitrogens is 1. The van der Waals surface area contributed by atoms with E-state index < -0.39 is 6.29 Å². The lowest BCUT2D eigenvalue weighted by Crippen LogP contribution is -2.51. The molecule has 0 spiro atoms. The van der Waals surface area contributed by atoms with Gasteiger partial charge in [0.1, 0.15) is 5.84 Å². The average Bonchev–Trinajstić information content (AvgIpc) is 2.92. The molecule has 106 valence electrons. The molecule has 0 radical (unpaired) electrons. The number of amidine groups is 1. The number of likely N-dealkylation sites (tertiary alicyclic amines) is 1. The smallest absolute Gasteiger partial charge is 0.237 e. The number of allylic oxidation sites excluding steroid dienone is 1. The van der Waals surface area contributed by atoms with Gasteiger partial charge in [-0.15, -0.1) is 0 Å². The number of nitrogens with two attached hydrogens (primary N) is 1. The first-order valence-corrected chi connectivity index (χ1v) is 6.72. The monoisotopic (exact) mass is 274 g/mol. The number of rotatable bonds is 2. The Hall–Kier alpha value is -2.15. The highest BCUT2D eigenvalue weighted by Crippen LogP contribution is 2.33. The molecular weight excluding hydrogens is 256 g/mol. The molecule has 0 aliphatic carbocycles. The van der Waals surface area contributed by atoms with Crippen molar-refractivity contribution in [2.45, 2.75) is 32.5 Å². The Morgan fingerprint density at radius 2 is 2.35 bits per heavy atom. The van der Waals surface area contributed by atoms with Crippen LogP contribution in [0, 0.1) is 0 Å². The number of hydrogen-bond acceptors (Lipinski definition) is 5. The molecule has 0 bridgehead atoms. The number of aromatic nitrogens is 2. The van der Waals surface area contributed by atoms with Gasteiger partial charge in [-0.3, -0.25) is 20.5 Å². The van der Waals surface area contributed by atoms with Crippen LogP contribution < -0.4 is 11.1 Å². The van der Waals surface area contributed by atoms with Crippen LogP contribution in [0.4, 0.5) is 0 Å². The van der Waals surface area contributed by atoms with Gasteiger partial charge >= 0.3 is 0 Å². The summed E-state index contributed by atoms with van der Waals surface area (Å²) in [6.07, 6.45) is 1.79. The van der Waals surface area contributed by atoms with Gasteiger partial charge in [-0.1, -0.05) is 0 Å². The first kappa shape index (κ1) is 12.9. The van der Waals surface area contributed by atoms with Crippen molar-refractivity contribution in [3.05, 3.63) is 29.2 Å². The number of fused-ring (bicyclic) bond motifs is 1. The summed E-state index contributed by atoms with van der Waals surface area (Å²) in [5.74, 6) is 0.510. The van der Waals surface area contributed by atoms with E-state index in [0.717, 1.165) is 17.0 Å². The maximum Gasteiger partial charge on any atom is 0.237 e. The van der Waals surface area contributed by atoms with Crippen LogP contribution in [0.3, 0.4) is 0 Å². The van der Waals surface area contributed by atoms with Crippen LogP contribution in [0.2, 0.25) is 0 Å². The normalized spacial score (nSPS) is 26.2. The number of amides is 1. The molecule has 3 heterocycles. The summed E-state index contributed by atoms with van der Waals surface area (Å²) in [6.45, 7) is 4.49. The predicted molar refractivity (Wildman–Crippen MR) is 74.6 cm³/mol. The molecule has 7 heteroatoms. The number of aromatic amines is 1. The van der Waals surface area contributed by atoms with Gasteiger partial charge < -0.3 is 5.32 Å². The van der Waals surface area contributed by atoms with E-state index >= 15 is 0 Å². The van der Waals surface area contributed by atoms with Crippen LogP contribution in [0.15, 0.2) is 28.5 Å². The first-order chi connectivity index (χ1) is 9.61. The van der Waals surface area contributed by atoms with Crippen molar-refractivity contribution in [1.29, 1.82) is 0 Å². The molecule has 2 aliphatic heterocycles. The van der Waals surface area contributed by atoms with E-state index in [0.29, 0.717) is 18.8 Å². The van der Waals surface area contributed by atoms with Gasteiger partial charge in [0.05, 0.1) is 5.92 Å². The van der Waals surface area contributed by atoms with Crippen LogP contribution in [0.5, 0.6) is 0 Å². The number of hydrogen-bond donors (Lipinski definition) is 3. The highest BCUT2D eigenvalue weighted by Gasteiger charge is 2.39. The highest BCUT2D eigenvalue weighted by molar-refractivity contribution is 6.12.